The molecular formula is C15H13BrClN5O. The number of nitrogens with one attached hydrogen (secondary N) is 1. The Kier molecular flexibility index (Phi) is 4.88. The van der Waals surface area contributed by atoms with Gasteiger partial charge in [0, 0.05) is 23.4 Å². The van der Waals surface area contributed by atoms with Crippen LogP contribution in [-0.4, -0.2) is 32.0 Å². The average Bonchev–Trinajstić information content (AvgIpc) is 3.01. The van der Waals surface area contributed by atoms with Crippen LogP contribution in [0.4, 0.5) is 0 Å². The van der Waals surface area contributed by atoms with Gasteiger partial charge in [0.1, 0.15) is 6.33 Å². The van der Waals surface area contributed by atoms with Crippen LogP contribution < -0.4 is 5.32 Å². The second-order valence-corrected chi connectivity index (χ2v) is 6.27. The molecule has 23 heavy (non-hydrogen) atoms. The first-order chi connectivity index (χ1) is 11.1. The molecule has 1 N–H and O–H groups in total. The normalized spacial score (nSPS) is 10.9. The summed E-state index contributed by atoms with van der Waals surface area (Å²) in [6.45, 7) is 0.553. The maximum Gasteiger partial charge on any atom is 0.252 e. The molecule has 0 bridgehead atoms. The molecule has 0 fully saturated rings. The lowest BCUT2D eigenvalue weighted by Crippen LogP contribution is -2.25. The fourth-order valence-electron chi connectivity index (χ4n) is 2.15. The smallest absolute Gasteiger partial charge is 0.252 e. The van der Waals surface area contributed by atoms with Gasteiger partial charge in [-0.05, 0) is 36.6 Å². The predicted molar refractivity (Wildman–Crippen MR) is 90.6 cm³/mol. The summed E-state index contributed by atoms with van der Waals surface area (Å²) in [4.78, 5) is 20.3. The van der Waals surface area contributed by atoms with Crippen molar-refractivity contribution < 1.29 is 4.79 Å². The molecule has 0 atom stereocenters. The number of halogens is 2. The topological polar surface area (TPSA) is 72.2 Å². The number of hydrogen-bond donors (Lipinski definition) is 1. The minimum atomic E-state index is -0.179. The lowest BCUT2D eigenvalue weighted by Gasteiger charge is -2.07. The van der Waals surface area contributed by atoms with Gasteiger partial charge in [-0.15, -0.1) is 0 Å². The Morgan fingerprint density at radius 1 is 1.35 bits per heavy atom. The minimum absolute atomic E-state index is 0.179. The molecule has 0 aliphatic carbocycles. The third kappa shape index (κ3) is 3.86. The lowest BCUT2D eigenvalue weighted by molar-refractivity contribution is 0.0953. The molecular weight excluding hydrogens is 382 g/mol. The van der Waals surface area contributed by atoms with Crippen molar-refractivity contribution in [1.29, 1.82) is 0 Å². The van der Waals surface area contributed by atoms with E-state index in [4.69, 9.17) is 11.6 Å². The number of carbonyl (C=O) groups is 1. The molecule has 1 amide bonds. The van der Waals surface area contributed by atoms with E-state index >= 15 is 0 Å². The second-order valence-electron chi connectivity index (χ2n) is 4.95. The molecule has 3 aromatic rings. The lowest BCUT2D eigenvalue weighted by atomic mass is 10.2. The van der Waals surface area contributed by atoms with E-state index in [1.54, 1.807) is 28.9 Å². The van der Waals surface area contributed by atoms with E-state index in [0.717, 1.165) is 22.9 Å². The molecule has 8 heteroatoms. The molecule has 2 aromatic heterocycles. The Balaban J connectivity index is 1.52. The van der Waals surface area contributed by atoms with Crippen LogP contribution in [0.1, 0.15) is 22.3 Å². The van der Waals surface area contributed by atoms with Crippen LogP contribution in [0, 0.1) is 0 Å². The van der Waals surface area contributed by atoms with Crippen molar-refractivity contribution in [3.8, 4) is 0 Å². The second kappa shape index (κ2) is 7.06. The van der Waals surface area contributed by atoms with E-state index in [1.165, 1.54) is 6.33 Å². The van der Waals surface area contributed by atoms with Gasteiger partial charge in [0.15, 0.2) is 0 Å². The molecule has 0 saturated heterocycles. The van der Waals surface area contributed by atoms with Gasteiger partial charge >= 0.3 is 0 Å². The molecule has 2 heterocycles. The van der Waals surface area contributed by atoms with Gasteiger partial charge in [-0.1, -0.05) is 27.5 Å². The average molecular weight is 395 g/mol. The summed E-state index contributed by atoms with van der Waals surface area (Å²) in [5.74, 6) is 0.396. The third-order valence-electron chi connectivity index (χ3n) is 3.29. The molecule has 0 radical (unpaired) electrons. The molecule has 0 aliphatic heterocycles. The standard InChI is InChI=1S/C15H13BrClN5O/c16-11-3-4-13(17)12(6-11)14(23)18-5-1-2-10-7-19-15-20-9-21-22(15)8-10/h3-4,6-9H,1-2,5H2,(H,18,23). The number of fused-ring (bicyclic) bond motifs is 1. The zero-order valence-electron chi connectivity index (χ0n) is 12.0. The molecule has 6 nitrogen and oxygen atoms in total. The van der Waals surface area contributed by atoms with Crippen molar-refractivity contribution >= 4 is 39.2 Å². The van der Waals surface area contributed by atoms with Gasteiger partial charge < -0.3 is 5.32 Å². The summed E-state index contributed by atoms with van der Waals surface area (Å²) in [6, 6.07) is 5.20. The van der Waals surface area contributed by atoms with Crippen LogP contribution in [0.2, 0.25) is 5.02 Å². The van der Waals surface area contributed by atoms with E-state index in [0.29, 0.717) is 22.9 Å². The monoisotopic (exact) mass is 393 g/mol. The van der Waals surface area contributed by atoms with Gasteiger partial charge in [-0.2, -0.15) is 10.1 Å². The summed E-state index contributed by atoms with van der Waals surface area (Å²) >= 11 is 9.37. The third-order valence-corrected chi connectivity index (χ3v) is 4.11. The fraction of sp³-hybridized carbons (Fsp3) is 0.200. The summed E-state index contributed by atoms with van der Waals surface area (Å²) in [7, 11) is 0. The predicted octanol–water partition coefficient (Wildman–Crippen LogP) is 2.90. The highest BCUT2D eigenvalue weighted by molar-refractivity contribution is 9.10. The maximum absolute atomic E-state index is 12.1. The first-order valence-corrected chi connectivity index (χ1v) is 8.18. The molecule has 1 aromatic carbocycles. The van der Waals surface area contributed by atoms with Gasteiger partial charge in [-0.25, -0.2) is 9.50 Å². The highest BCUT2D eigenvalue weighted by Gasteiger charge is 2.10. The van der Waals surface area contributed by atoms with Gasteiger partial charge in [0.05, 0.1) is 10.6 Å². The quantitative estimate of drug-likeness (QED) is 0.675. The van der Waals surface area contributed by atoms with Crippen molar-refractivity contribution in [3.05, 3.63) is 57.5 Å². The van der Waals surface area contributed by atoms with Crippen LogP contribution in [-0.2, 0) is 6.42 Å². The first-order valence-electron chi connectivity index (χ1n) is 7.01. The first kappa shape index (κ1) is 15.9. The number of nitrogens with zero attached hydrogens (tertiary/aromatic N) is 4. The Morgan fingerprint density at radius 3 is 3.09 bits per heavy atom. The van der Waals surface area contributed by atoms with Crippen molar-refractivity contribution in [3.63, 3.8) is 0 Å². The molecule has 0 spiro atoms. The van der Waals surface area contributed by atoms with Crippen LogP contribution in [0.5, 0.6) is 0 Å². The number of amides is 1. The highest BCUT2D eigenvalue weighted by atomic mass is 79.9. The summed E-state index contributed by atoms with van der Waals surface area (Å²) in [6.07, 6.45) is 6.71. The van der Waals surface area contributed by atoms with Crippen LogP contribution in [0.3, 0.4) is 0 Å². The zero-order valence-corrected chi connectivity index (χ0v) is 14.4. The van der Waals surface area contributed by atoms with Crippen molar-refractivity contribution in [1.82, 2.24) is 24.9 Å². The van der Waals surface area contributed by atoms with Crippen molar-refractivity contribution in [2.45, 2.75) is 12.8 Å². The number of hydrogen-bond acceptors (Lipinski definition) is 4. The van der Waals surface area contributed by atoms with E-state index in [-0.39, 0.29) is 5.91 Å². The Morgan fingerprint density at radius 2 is 2.22 bits per heavy atom. The summed E-state index contributed by atoms with van der Waals surface area (Å²) in [5.41, 5.74) is 1.50. The fourth-order valence-corrected chi connectivity index (χ4v) is 2.71. The van der Waals surface area contributed by atoms with Gasteiger partial charge in [-0.3, -0.25) is 4.79 Å². The Labute approximate surface area is 146 Å². The maximum atomic E-state index is 12.1. The zero-order chi connectivity index (χ0) is 16.2. The Hall–Kier alpha value is -1.99. The van der Waals surface area contributed by atoms with Crippen LogP contribution in [0.25, 0.3) is 5.78 Å². The number of carbonyl (C=O) groups excluding carboxylic acids is 1. The number of rotatable bonds is 5. The molecule has 0 unspecified atom stereocenters. The van der Waals surface area contributed by atoms with E-state index in [9.17, 15) is 4.79 Å². The highest BCUT2D eigenvalue weighted by Crippen LogP contribution is 2.20. The molecule has 3 rings (SSSR count). The molecule has 118 valence electrons. The largest absolute Gasteiger partial charge is 0.352 e. The number of benzene rings is 1. The van der Waals surface area contributed by atoms with E-state index in [2.05, 4.69) is 36.3 Å². The number of aromatic nitrogens is 4. The van der Waals surface area contributed by atoms with Gasteiger partial charge in [0.25, 0.3) is 11.7 Å². The Bertz CT molecular complexity index is 851. The minimum Gasteiger partial charge on any atom is -0.352 e. The van der Waals surface area contributed by atoms with E-state index < -0.39 is 0 Å². The SMILES string of the molecule is O=C(NCCCc1cnc2ncnn2c1)c1cc(Br)ccc1Cl. The number of aryl methyl sites for hydroxylation is 1. The summed E-state index contributed by atoms with van der Waals surface area (Å²) < 4.78 is 2.45. The van der Waals surface area contributed by atoms with Gasteiger partial charge in [0.2, 0.25) is 0 Å². The molecule has 0 aliphatic rings. The molecule has 0 saturated carbocycles. The van der Waals surface area contributed by atoms with Crippen LogP contribution >= 0.6 is 27.5 Å². The summed E-state index contributed by atoms with van der Waals surface area (Å²) in [5, 5.41) is 7.35. The van der Waals surface area contributed by atoms with Crippen LogP contribution in [0.15, 0.2) is 41.4 Å². The van der Waals surface area contributed by atoms with Crippen molar-refractivity contribution in [2.24, 2.45) is 0 Å². The van der Waals surface area contributed by atoms with E-state index in [1.807, 2.05) is 6.20 Å². The van der Waals surface area contributed by atoms with Crippen molar-refractivity contribution in [2.75, 3.05) is 6.54 Å².